The molecule has 1 N–H and O–H groups in total. The molecule has 1 aliphatic heterocycles. The van der Waals surface area contributed by atoms with Crippen LogP contribution in [-0.4, -0.2) is 23.6 Å². The molecule has 106 valence electrons. The first-order chi connectivity index (χ1) is 9.76. The molecule has 0 spiro atoms. The van der Waals surface area contributed by atoms with Crippen molar-refractivity contribution in [1.29, 1.82) is 0 Å². The fourth-order valence-corrected chi connectivity index (χ4v) is 3.95. The van der Waals surface area contributed by atoms with Crippen molar-refractivity contribution in [3.05, 3.63) is 33.8 Å². The monoisotopic (exact) mass is 288 g/mol. The van der Waals surface area contributed by atoms with Crippen LogP contribution in [0.25, 0.3) is 0 Å². The summed E-state index contributed by atoms with van der Waals surface area (Å²) in [6.07, 6.45) is 3.71. The largest absolute Gasteiger partial charge is 0.373 e. The molecule has 1 unspecified atom stereocenters. The number of rotatable bonds is 3. The molecule has 3 rings (SSSR count). The normalized spacial score (nSPS) is 17.9. The lowest BCUT2D eigenvalue weighted by molar-refractivity contribution is 0.621. The molecular weight excluding hydrogens is 268 g/mol. The first-order valence-corrected chi connectivity index (χ1v) is 7.98. The van der Waals surface area contributed by atoms with Gasteiger partial charge in [0.25, 0.3) is 0 Å². The molecule has 0 radical (unpaired) electrons. The summed E-state index contributed by atoms with van der Waals surface area (Å²) in [5.41, 5.74) is 2.66. The maximum atomic E-state index is 4.57. The Labute approximate surface area is 123 Å². The van der Waals surface area contributed by atoms with Gasteiger partial charge in [-0.05, 0) is 36.8 Å². The van der Waals surface area contributed by atoms with Gasteiger partial charge in [0.1, 0.15) is 18.0 Å². The average Bonchev–Trinajstić information content (AvgIpc) is 2.96. The molecule has 1 aliphatic rings. The van der Waals surface area contributed by atoms with E-state index in [2.05, 4.69) is 45.5 Å². The number of thiophene rings is 1. The lowest BCUT2D eigenvalue weighted by Crippen LogP contribution is -2.34. The summed E-state index contributed by atoms with van der Waals surface area (Å²) in [7, 11) is 1.92. The van der Waals surface area contributed by atoms with E-state index in [0.29, 0.717) is 6.04 Å². The smallest absolute Gasteiger partial charge is 0.137 e. The highest BCUT2D eigenvalue weighted by molar-refractivity contribution is 7.10. The highest BCUT2D eigenvalue weighted by Crippen LogP contribution is 2.37. The first kappa shape index (κ1) is 13.4. The van der Waals surface area contributed by atoms with Crippen molar-refractivity contribution in [2.45, 2.75) is 32.7 Å². The molecule has 0 amide bonds. The molecule has 1 atom stereocenters. The number of anilines is 2. The summed E-state index contributed by atoms with van der Waals surface area (Å²) >= 11 is 1.87. The van der Waals surface area contributed by atoms with Gasteiger partial charge in [0.2, 0.25) is 0 Å². The van der Waals surface area contributed by atoms with Gasteiger partial charge < -0.3 is 10.2 Å². The summed E-state index contributed by atoms with van der Waals surface area (Å²) in [6, 6.07) is 2.64. The molecule has 0 bridgehead atoms. The van der Waals surface area contributed by atoms with Crippen LogP contribution in [0.5, 0.6) is 0 Å². The van der Waals surface area contributed by atoms with Gasteiger partial charge in [-0.2, -0.15) is 0 Å². The minimum atomic E-state index is 0.384. The van der Waals surface area contributed by atoms with Crippen LogP contribution in [0.4, 0.5) is 11.6 Å². The van der Waals surface area contributed by atoms with Crippen molar-refractivity contribution in [2.75, 3.05) is 23.8 Å². The van der Waals surface area contributed by atoms with Crippen LogP contribution in [0.3, 0.4) is 0 Å². The summed E-state index contributed by atoms with van der Waals surface area (Å²) in [6.45, 7) is 5.46. The van der Waals surface area contributed by atoms with Gasteiger partial charge in [-0.1, -0.05) is 6.92 Å². The number of fused-ring (bicyclic) bond motifs is 1. The maximum Gasteiger partial charge on any atom is 0.137 e. The Hall–Kier alpha value is -1.62. The Morgan fingerprint density at radius 2 is 2.30 bits per heavy atom. The third kappa shape index (κ3) is 2.06. The Morgan fingerprint density at radius 3 is 3.05 bits per heavy atom. The fraction of sp³-hybridized carbons (Fsp3) is 0.467. The van der Waals surface area contributed by atoms with E-state index in [9.17, 15) is 0 Å². The quantitative estimate of drug-likeness (QED) is 0.941. The second kappa shape index (κ2) is 5.40. The molecule has 0 fully saturated rings. The number of aromatic nitrogens is 2. The van der Waals surface area contributed by atoms with E-state index in [1.165, 1.54) is 16.0 Å². The van der Waals surface area contributed by atoms with E-state index >= 15 is 0 Å². The molecular formula is C15H20N4S. The predicted octanol–water partition coefficient (Wildman–Crippen LogP) is 3.27. The van der Waals surface area contributed by atoms with Crippen LogP contribution in [0.15, 0.2) is 17.8 Å². The third-order valence-electron chi connectivity index (χ3n) is 4.06. The second-order valence-electron chi connectivity index (χ2n) is 5.05. The van der Waals surface area contributed by atoms with Crippen molar-refractivity contribution in [1.82, 2.24) is 9.97 Å². The van der Waals surface area contributed by atoms with E-state index < -0.39 is 0 Å². The van der Waals surface area contributed by atoms with Gasteiger partial charge in [-0.15, -0.1) is 11.3 Å². The summed E-state index contributed by atoms with van der Waals surface area (Å²) < 4.78 is 0. The molecule has 0 saturated carbocycles. The third-order valence-corrected chi connectivity index (χ3v) is 5.06. The number of hydrogen-bond donors (Lipinski definition) is 1. The van der Waals surface area contributed by atoms with Gasteiger partial charge in [0.05, 0.1) is 6.04 Å². The average molecular weight is 288 g/mol. The van der Waals surface area contributed by atoms with Crippen LogP contribution in [0.2, 0.25) is 0 Å². The fourth-order valence-electron chi connectivity index (χ4n) is 2.99. The van der Waals surface area contributed by atoms with Crippen LogP contribution < -0.4 is 10.2 Å². The van der Waals surface area contributed by atoms with E-state index in [-0.39, 0.29) is 0 Å². The Morgan fingerprint density at radius 1 is 1.45 bits per heavy atom. The van der Waals surface area contributed by atoms with Crippen LogP contribution in [0, 0.1) is 0 Å². The SMILES string of the molecule is CCc1c(NC)ncnc1N1CCc2sccc2C1C. The summed E-state index contributed by atoms with van der Waals surface area (Å²) in [5.74, 6) is 2.03. The van der Waals surface area contributed by atoms with Gasteiger partial charge in [-0.25, -0.2) is 9.97 Å². The molecule has 0 saturated heterocycles. The lowest BCUT2D eigenvalue weighted by Gasteiger charge is -2.35. The van der Waals surface area contributed by atoms with Crippen molar-refractivity contribution in [3.8, 4) is 0 Å². The molecule has 4 nitrogen and oxygen atoms in total. The van der Waals surface area contributed by atoms with Gasteiger partial charge in [-0.3, -0.25) is 0 Å². The highest BCUT2D eigenvalue weighted by atomic mass is 32.1. The zero-order chi connectivity index (χ0) is 14.1. The van der Waals surface area contributed by atoms with Crippen LogP contribution in [-0.2, 0) is 12.8 Å². The molecule has 20 heavy (non-hydrogen) atoms. The van der Waals surface area contributed by atoms with Crippen molar-refractivity contribution in [2.24, 2.45) is 0 Å². The minimum Gasteiger partial charge on any atom is -0.373 e. The summed E-state index contributed by atoms with van der Waals surface area (Å²) in [5, 5.41) is 5.38. The number of hydrogen-bond acceptors (Lipinski definition) is 5. The summed E-state index contributed by atoms with van der Waals surface area (Å²) in [4.78, 5) is 12.8. The van der Waals surface area contributed by atoms with Crippen molar-refractivity contribution >= 4 is 23.0 Å². The van der Waals surface area contributed by atoms with Gasteiger partial charge >= 0.3 is 0 Å². The first-order valence-electron chi connectivity index (χ1n) is 7.10. The molecule has 2 aromatic rings. The Kier molecular flexibility index (Phi) is 3.61. The second-order valence-corrected chi connectivity index (χ2v) is 6.05. The molecule has 0 aliphatic carbocycles. The van der Waals surface area contributed by atoms with E-state index in [4.69, 9.17) is 0 Å². The van der Waals surface area contributed by atoms with Crippen LogP contribution in [0.1, 0.15) is 35.9 Å². The number of nitrogens with zero attached hydrogens (tertiary/aromatic N) is 3. The predicted molar refractivity (Wildman–Crippen MR) is 84.7 cm³/mol. The maximum absolute atomic E-state index is 4.57. The Balaban J connectivity index is 2.02. The lowest BCUT2D eigenvalue weighted by atomic mass is 10.0. The zero-order valence-electron chi connectivity index (χ0n) is 12.2. The topological polar surface area (TPSA) is 41.1 Å². The molecule has 0 aromatic carbocycles. The number of nitrogens with one attached hydrogen (secondary N) is 1. The van der Waals surface area contributed by atoms with Crippen LogP contribution >= 0.6 is 11.3 Å². The highest BCUT2D eigenvalue weighted by Gasteiger charge is 2.27. The van der Waals surface area contributed by atoms with Crippen molar-refractivity contribution < 1.29 is 0 Å². The van der Waals surface area contributed by atoms with E-state index in [0.717, 1.165) is 31.0 Å². The molecule has 5 heteroatoms. The molecule has 2 aromatic heterocycles. The Bertz CT molecular complexity index is 608. The van der Waals surface area contributed by atoms with Gasteiger partial charge in [0, 0.05) is 24.0 Å². The van der Waals surface area contributed by atoms with E-state index in [1.54, 1.807) is 6.33 Å². The minimum absolute atomic E-state index is 0.384. The molecule has 3 heterocycles. The zero-order valence-corrected chi connectivity index (χ0v) is 13.0. The van der Waals surface area contributed by atoms with Gasteiger partial charge in [0.15, 0.2) is 0 Å². The van der Waals surface area contributed by atoms with E-state index in [1.807, 2.05) is 18.4 Å². The van der Waals surface area contributed by atoms with Crippen molar-refractivity contribution in [3.63, 3.8) is 0 Å². The standard InChI is InChI=1S/C15H20N4S/c1-4-11-14(16-3)17-9-18-15(11)19-7-5-13-12(10(19)2)6-8-20-13/h6,8-10H,4-5,7H2,1-3H3,(H,16,17,18).